The quantitative estimate of drug-likeness (QED) is 0.921. The summed E-state index contributed by atoms with van der Waals surface area (Å²) in [6.45, 7) is 5.40. The van der Waals surface area contributed by atoms with Gasteiger partial charge in [-0.1, -0.05) is 18.5 Å². The normalized spacial score (nSPS) is 20.0. The monoisotopic (exact) mass is 288 g/mol. The lowest BCUT2D eigenvalue weighted by atomic mass is 10.0. The molecule has 0 saturated carbocycles. The number of hydrogen-bond acceptors (Lipinski definition) is 4. The first-order chi connectivity index (χ1) is 8.63. The minimum absolute atomic E-state index is 0. The highest BCUT2D eigenvalue weighted by molar-refractivity contribution is 5.85. The van der Waals surface area contributed by atoms with E-state index < -0.39 is 5.97 Å². The minimum atomic E-state index is -0.721. The minimum Gasteiger partial charge on any atom is -0.480 e. The second kappa shape index (κ2) is 6.91. The van der Waals surface area contributed by atoms with Gasteiger partial charge in [0.15, 0.2) is 0 Å². The van der Waals surface area contributed by atoms with Crippen LogP contribution in [0, 0.1) is 6.92 Å². The van der Waals surface area contributed by atoms with Crippen LogP contribution in [0.2, 0.25) is 0 Å². The van der Waals surface area contributed by atoms with Crippen LogP contribution in [-0.2, 0) is 17.8 Å². The number of likely N-dealkylation sites (tertiary alicyclic amines) is 1. The molecule has 0 spiro atoms. The Balaban J connectivity index is 0.00000180. The summed E-state index contributed by atoms with van der Waals surface area (Å²) in [5, 5.41) is 13.3. The van der Waals surface area contributed by atoms with Gasteiger partial charge in [0.1, 0.15) is 11.8 Å². The fourth-order valence-electron chi connectivity index (χ4n) is 2.58. The Labute approximate surface area is 119 Å². The molecule has 1 atom stereocenters. The van der Waals surface area contributed by atoms with Crippen molar-refractivity contribution in [2.24, 2.45) is 0 Å². The van der Waals surface area contributed by atoms with Crippen molar-refractivity contribution in [1.82, 2.24) is 10.1 Å². The van der Waals surface area contributed by atoms with E-state index in [1.807, 2.05) is 18.7 Å². The molecule has 1 saturated heterocycles. The Bertz CT molecular complexity index is 434. The molecule has 1 aliphatic heterocycles. The molecule has 0 radical (unpaired) electrons. The lowest BCUT2D eigenvalue weighted by molar-refractivity contribution is -0.144. The Morgan fingerprint density at radius 1 is 1.53 bits per heavy atom. The van der Waals surface area contributed by atoms with Crippen LogP contribution >= 0.6 is 12.4 Å². The van der Waals surface area contributed by atoms with Gasteiger partial charge in [-0.15, -0.1) is 12.4 Å². The molecule has 1 fully saturated rings. The predicted octanol–water partition coefficient (Wildman–Crippen LogP) is 2.41. The maximum atomic E-state index is 11.3. The summed E-state index contributed by atoms with van der Waals surface area (Å²) in [5.74, 6) is 0.0865. The van der Waals surface area contributed by atoms with Gasteiger partial charge in [-0.25, -0.2) is 0 Å². The number of carboxylic acid groups (broad SMARTS) is 1. The smallest absolute Gasteiger partial charge is 0.320 e. The van der Waals surface area contributed by atoms with Crippen molar-refractivity contribution < 1.29 is 14.4 Å². The van der Waals surface area contributed by atoms with E-state index in [4.69, 9.17) is 4.52 Å². The summed E-state index contributed by atoms with van der Waals surface area (Å²) in [4.78, 5) is 13.3. The van der Waals surface area contributed by atoms with Crippen molar-refractivity contribution >= 4 is 18.4 Å². The molecule has 1 aromatic rings. The number of aryl methyl sites for hydroxylation is 2. The first-order valence-electron chi connectivity index (χ1n) is 6.54. The SMILES string of the molecule is CCc1noc(C)c1CN1CCCCC1C(=O)O.Cl. The second-order valence-electron chi connectivity index (χ2n) is 4.84. The lowest BCUT2D eigenvalue weighted by Gasteiger charge is -2.32. The largest absolute Gasteiger partial charge is 0.480 e. The summed E-state index contributed by atoms with van der Waals surface area (Å²) in [5.41, 5.74) is 2.01. The zero-order valence-corrected chi connectivity index (χ0v) is 12.2. The van der Waals surface area contributed by atoms with Gasteiger partial charge >= 0.3 is 5.97 Å². The topological polar surface area (TPSA) is 66.6 Å². The molecule has 1 aromatic heterocycles. The van der Waals surface area contributed by atoms with E-state index in [2.05, 4.69) is 5.16 Å². The number of aromatic nitrogens is 1. The molecule has 5 nitrogen and oxygen atoms in total. The Kier molecular flexibility index (Phi) is 5.82. The van der Waals surface area contributed by atoms with E-state index in [-0.39, 0.29) is 18.4 Å². The molecule has 6 heteroatoms. The van der Waals surface area contributed by atoms with E-state index in [9.17, 15) is 9.90 Å². The maximum absolute atomic E-state index is 11.3. The van der Waals surface area contributed by atoms with Crippen molar-refractivity contribution in [3.05, 3.63) is 17.0 Å². The van der Waals surface area contributed by atoms with E-state index >= 15 is 0 Å². The molecule has 2 heterocycles. The van der Waals surface area contributed by atoms with Crippen molar-refractivity contribution in [2.75, 3.05) is 6.54 Å². The molecule has 1 aliphatic rings. The highest BCUT2D eigenvalue weighted by Gasteiger charge is 2.29. The molecule has 0 aliphatic carbocycles. The Morgan fingerprint density at radius 3 is 2.89 bits per heavy atom. The number of carboxylic acids is 1. The van der Waals surface area contributed by atoms with E-state index in [0.29, 0.717) is 6.54 Å². The molecule has 1 unspecified atom stereocenters. The Morgan fingerprint density at radius 2 is 2.26 bits per heavy atom. The molecule has 0 aromatic carbocycles. The number of aliphatic carboxylic acids is 1. The maximum Gasteiger partial charge on any atom is 0.320 e. The average molecular weight is 289 g/mol. The fraction of sp³-hybridized carbons (Fsp3) is 0.692. The molecular formula is C13H21ClN2O3. The van der Waals surface area contributed by atoms with Crippen molar-refractivity contribution in [2.45, 2.75) is 52.1 Å². The van der Waals surface area contributed by atoms with Gasteiger partial charge < -0.3 is 9.63 Å². The van der Waals surface area contributed by atoms with Gasteiger partial charge in [-0.05, 0) is 32.7 Å². The van der Waals surface area contributed by atoms with Crippen LogP contribution in [0.4, 0.5) is 0 Å². The number of piperidine rings is 1. The number of nitrogens with zero attached hydrogens (tertiary/aromatic N) is 2. The number of rotatable bonds is 4. The number of halogens is 1. The van der Waals surface area contributed by atoms with E-state index in [1.165, 1.54) is 0 Å². The average Bonchev–Trinajstić information content (AvgIpc) is 2.71. The third-order valence-electron chi connectivity index (χ3n) is 3.66. The molecule has 0 bridgehead atoms. The van der Waals surface area contributed by atoms with Crippen LogP contribution in [0.25, 0.3) is 0 Å². The lowest BCUT2D eigenvalue weighted by Crippen LogP contribution is -2.44. The van der Waals surface area contributed by atoms with Gasteiger partial charge in [0.2, 0.25) is 0 Å². The molecule has 19 heavy (non-hydrogen) atoms. The number of carbonyl (C=O) groups is 1. The summed E-state index contributed by atoms with van der Waals surface area (Å²) in [6, 6.07) is -0.363. The molecule has 108 valence electrons. The zero-order valence-electron chi connectivity index (χ0n) is 11.4. The van der Waals surface area contributed by atoms with Gasteiger partial charge in [-0.3, -0.25) is 9.69 Å². The first kappa shape index (κ1) is 16.0. The molecule has 1 N–H and O–H groups in total. The van der Waals surface area contributed by atoms with E-state index in [1.54, 1.807) is 0 Å². The summed E-state index contributed by atoms with van der Waals surface area (Å²) < 4.78 is 5.20. The van der Waals surface area contributed by atoms with Crippen molar-refractivity contribution in [1.29, 1.82) is 0 Å². The molecule has 2 rings (SSSR count). The second-order valence-corrected chi connectivity index (χ2v) is 4.84. The third-order valence-corrected chi connectivity index (χ3v) is 3.66. The van der Waals surface area contributed by atoms with Crippen LogP contribution in [0.15, 0.2) is 4.52 Å². The van der Waals surface area contributed by atoms with Crippen LogP contribution in [0.3, 0.4) is 0 Å². The number of hydrogen-bond donors (Lipinski definition) is 1. The van der Waals surface area contributed by atoms with Crippen LogP contribution < -0.4 is 0 Å². The highest BCUT2D eigenvalue weighted by atomic mass is 35.5. The molecule has 0 amide bonds. The molecular weight excluding hydrogens is 268 g/mol. The van der Waals surface area contributed by atoms with E-state index in [0.717, 1.165) is 49.2 Å². The van der Waals surface area contributed by atoms with Crippen molar-refractivity contribution in [3.63, 3.8) is 0 Å². The van der Waals surface area contributed by atoms with Gasteiger partial charge in [0, 0.05) is 12.1 Å². The van der Waals surface area contributed by atoms with Crippen LogP contribution in [-0.4, -0.2) is 33.7 Å². The van der Waals surface area contributed by atoms with Crippen LogP contribution in [0.5, 0.6) is 0 Å². The van der Waals surface area contributed by atoms with Gasteiger partial charge in [0.05, 0.1) is 5.69 Å². The van der Waals surface area contributed by atoms with Crippen molar-refractivity contribution in [3.8, 4) is 0 Å². The fourth-order valence-corrected chi connectivity index (χ4v) is 2.58. The highest BCUT2D eigenvalue weighted by Crippen LogP contribution is 2.23. The summed E-state index contributed by atoms with van der Waals surface area (Å²) >= 11 is 0. The van der Waals surface area contributed by atoms with Gasteiger partial charge in [0.25, 0.3) is 0 Å². The zero-order chi connectivity index (χ0) is 13.1. The summed E-state index contributed by atoms with van der Waals surface area (Å²) in [7, 11) is 0. The third kappa shape index (κ3) is 3.48. The first-order valence-corrected chi connectivity index (χ1v) is 6.54. The van der Waals surface area contributed by atoms with Gasteiger partial charge in [-0.2, -0.15) is 0 Å². The van der Waals surface area contributed by atoms with Crippen LogP contribution in [0.1, 0.15) is 43.2 Å². The Hall–Kier alpha value is -1.07. The summed E-state index contributed by atoms with van der Waals surface area (Å²) in [6.07, 6.45) is 3.62. The predicted molar refractivity (Wildman–Crippen MR) is 73.6 cm³/mol. The standard InChI is InChI=1S/C13H20N2O3.ClH/c1-3-11-10(9(2)18-14-11)8-15-7-5-4-6-12(15)13(16)17;/h12H,3-8H2,1-2H3,(H,16,17);1H.